The predicted molar refractivity (Wildman–Crippen MR) is 159 cm³/mol. The minimum atomic E-state index is -4.33. The van der Waals surface area contributed by atoms with E-state index in [0.29, 0.717) is 34.4 Å². The van der Waals surface area contributed by atoms with E-state index >= 15 is 0 Å². The van der Waals surface area contributed by atoms with Crippen molar-refractivity contribution in [1.29, 1.82) is 0 Å². The first kappa shape index (κ1) is 34.1. The Hall–Kier alpha value is -3.44. The lowest BCUT2D eigenvalue weighted by molar-refractivity contribution is -0.143. The van der Waals surface area contributed by atoms with Gasteiger partial charge in [-0.25, -0.2) is 13.6 Å². The average Bonchev–Trinajstić information content (AvgIpc) is 2.93. The molecule has 0 aromatic heterocycles. The smallest absolute Gasteiger partial charge is 0.389 e. The second kappa shape index (κ2) is 15.9. The van der Waals surface area contributed by atoms with Crippen molar-refractivity contribution in [3.63, 3.8) is 0 Å². The Kier molecular flexibility index (Phi) is 12.6. The van der Waals surface area contributed by atoms with E-state index in [2.05, 4.69) is 5.32 Å². The van der Waals surface area contributed by atoms with Crippen molar-refractivity contribution in [2.24, 2.45) is 0 Å². The molecule has 3 rings (SSSR count). The first-order valence-electron chi connectivity index (χ1n) is 13.7. The summed E-state index contributed by atoms with van der Waals surface area (Å²) < 4.78 is 71.3. The number of nitrogens with one attached hydrogen (secondary N) is 1. The van der Waals surface area contributed by atoms with Gasteiger partial charge in [0.05, 0.1) is 7.11 Å². The third-order valence-electron chi connectivity index (χ3n) is 6.83. The number of hydrogen-bond donors (Lipinski definition) is 1. The van der Waals surface area contributed by atoms with Crippen molar-refractivity contribution in [3.05, 3.63) is 94.6 Å². The lowest BCUT2D eigenvalue weighted by Crippen LogP contribution is -2.42. The van der Waals surface area contributed by atoms with Gasteiger partial charge in [0, 0.05) is 31.1 Å². The van der Waals surface area contributed by atoms with Crippen molar-refractivity contribution in [2.75, 3.05) is 25.7 Å². The first-order chi connectivity index (χ1) is 20.4. The lowest BCUT2D eigenvalue weighted by Gasteiger charge is -2.24. The summed E-state index contributed by atoms with van der Waals surface area (Å²) in [5.41, 5.74) is 3.52. The van der Waals surface area contributed by atoms with Crippen LogP contribution in [0.25, 0.3) is 11.1 Å². The van der Waals surface area contributed by atoms with Crippen LogP contribution in [0.5, 0.6) is 0 Å². The number of amides is 1. The highest BCUT2D eigenvalue weighted by molar-refractivity contribution is 7.98. The topological polar surface area (TPSA) is 58.6 Å². The highest BCUT2D eigenvalue weighted by atomic mass is 32.2. The van der Waals surface area contributed by atoms with Crippen LogP contribution < -0.4 is 5.32 Å². The zero-order valence-corrected chi connectivity index (χ0v) is 25.1. The Morgan fingerprint density at radius 1 is 0.953 bits per heavy atom. The summed E-state index contributed by atoms with van der Waals surface area (Å²) >= 11 is 1.53. The standard InChI is InChI=1S/C32H35F5N2O3S/c1-21-7-4-5-8-26(21)28-17-22(9-10-27(28)30(40)38-29(11-14-43-3)31(41)42-2)19-39(13-6-12-32(35,36)37)20-23-15-24(33)18-25(34)16-23/h4-5,7-10,15-18,29H,6,11-14,19-20H2,1-3H3,(H,38,40). The number of halogens is 5. The highest BCUT2D eigenvalue weighted by Gasteiger charge is 2.27. The van der Waals surface area contributed by atoms with Gasteiger partial charge in [0.15, 0.2) is 0 Å². The molecule has 11 heteroatoms. The van der Waals surface area contributed by atoms with Crippen LogP contribution in [0, 0.1) is 18.6 Å². The molecule has 0 fully saturated rings. The lowest BCUT2D eigenvalue weighted by atomic mass is 9.93. The van der Waals surface area contributed by atoms with E-state index in [-0.39, 0.29) is 26.1 Å². The predicted octanol–water partition coefficient (Wildman–Crippen LogP) is 7.31. The summed E-state index contributed by atoms with van der Waals surface area (Å²) in [6, 6.07) is 14.7. The van der Waals surface area contributed by atoms with Crippen LogP contribution in [0.15, 0.2) is 60.7 Å². The molecule has 3 aromatic carbocycles. The number of hydrogen-bond acceptors (Lipinski definition) is 5. The molecule has 5 nitrogen and oxygen atoms in total. The molecule has 0 aliphatic heterocycles. The van der Waals surface area contributed by atoms with Gasteiger partial charge in [-0.1, -0.05) is 30.3 Å². The third-order valence-corrected chi connectivity index (χ3v) is 7.48. The largest absolute Gasteiger partial charge is 0.467 e. The van der Waals surface area contributed by atoms with Gasteiger partial charge in [-0.2, -0.15) is 24.9 Å². The Morgan fingerprint density at radius 2 is 1.63 bits per heavy atom. The van der Waals surface area contributed by atoms with Crippen molar-refractivity contribution < 1.29 is 36.3 Å². The average molecular weight is 623 g/mol. The molecule has 0 aliphatic rings. The number of esters is 1. The van der Waals surface area contributed by atoms with Gasteiger partial charge >= 0.3 is 12.1 Å². The zero-order valence-electron chi connectivity index (χ0n) is 24.3. The molecule has 0 radical (unpaired) electrons. The second-order valence-electron chi connectivity index (χ2n) is 10.2. The van der Waals surface area contributed by atoms with Crippen molar-refractivity contribution in [2.45, 2.75) is 51.5 Å². The molecule has 1 amide bonds. The second-order valence-corrected chi connectivity index (χ2v) is 11.2. The number of carbonyl (C=O) groups is 2. The third kappa shape index (κ3) is 10.7. The fourth-order valence-corrected chi connectivity index (χ4v) is 5.26. The van der Waals surface area contributed by atoms with Gasteiger partial charge in [-0.15, -0.1) is 0 Å². The van der Waals surface area contributed by atoms with Crippen molar-refractivity contribution in [1.82, 2.24) is 10.2 Å². The molecule has 0 heterocycles. The normalized spacial score (nSPS) is 12.3. The molecular formula is C32H35F5N2O3S. The van der Waals surface area contributed by atoms with Crippen molar-refractivity contribution >= 4 is 23.6 Å². The molecule has 0 saturated heterocycles. The fraction of sp³-hybridized carbons (Fsp3) is 0.375. The van der Waals surface area contributed by atoms with Gasteiger partial charge in [-0.3, -0.25) is 9.69 Å². The fourth-order valence-electron chi connectivity index (χ4n) is 4.78. The Balaban J connectivity index is 1.97. The van der Waals surface area contributed by atoms with Crippen LogP contribution in [0.4, 0.5) is 22.0 Å². The molecule has 0 aliphatic carbocycles. The van der Waals surface area contributed by atoms with E-state index in [4.69, 9.17) is 4.74 Å². The summed E-state index contributed by atoms with van der Waals surface area (Å²) in [6.45, 7) is 2.09. The van der Waals surface area contributed by atoms with Gasteiger partial charge in [0.2, 0.25) is 0 Å². The summed E-state index contributed by atoms with van der Waals surface area (Å²) in [7, 11) is 1.26. The summed E-state index contributed by atoms with van der Waals surface area (Å²) in [5.74, 6) is -1.95. The number of benzene rings is 3. The van der Waals surface area contributed by atoms with E-state index in [1.54, 1.807) is 23.1 Å². The minimum absolute atomic E-state index is 0.0186. The Bertz CT molecular complexity index is 1380. The summed E-state index contributed by atoms with van der Waals surface area (Å²) in [5, 5.41) is 2.78. The van der Waals surface area contributed by atoms with Crippen LogP contribution in [-0.2, 0) is 22.6 Å². The highest BCUT2D eigenvalue weighted by Crippen LogP contribution is 2.29. The van der Waals surface area contributed by atoms with E-state index in [9.17, 15) is 31.5 Å². The maximum atomic E-state index is 13.9. The van der Waals surface area contributed by atoms with Crippen LogP contribution >= 0.6 is 11.8 Å². The number of alkyl halides is 3. The van der Waals surface area contributed by atoms with E-state index in [0.717, 1.165) is 29.3 Å². The quantitative estimate of drug-likeness (QED) is 0.151. The van der Waals surface area contributed by atoms with Gasteiger partial charge in [-0.05, 0) is 90.4 Å². The van der Waals surface area contributed by atoms with E-state index < -0.39 is 42.1 Å². The number of carbonyl (C=O) groups excluding carboxylic acids is 2. The Labute approximate surface area is 252 Å². The molecule has 1 N–H and O–H groups in total. The van der Waals surface area contributed by atoms with Gasteiger partial charge in [0.1, 0.15) is 17.7 Å². The molecule has 43 heavy (non-hydrogen) atoms. The molecule has 1 atom stereocenters. The maximum absolute atomic E-state index is 13.9. The van der Waals surface area contributed by atoms with Crippen LogP contribution in [0.3, 0.4) is 0 Å². The zero-order chi connectivity index (χ0) is 31.6. The van der Waals surface area contributed by atoms with Crippen LogP contribution in [0.1, 0.15) is 46.3 Å². The number of nitrogens with zero attached hydrogens (tertiary/aromatic N) is 1. The van der Waals surface area contributed by atoms with E-state index in [1.165, 1.54) is 18.9 Å². The molecule has 0 spiro atoms. The van der Waals surface area contributed by atoms with Gasteiger partial charge in [0.25, 0.3) is 5.91 Å². The molecule has 232 valence electrons. The maximum Gasteiger partial charge on any atom is 0.389 e. The molecule has 0 bridgehead atoms. The number of thioether (sulfide) groups is 1. The molecule has 0 saturated carbocycles. The van der Waals surface area contributed by atoms with Gasteiger partial charge < -0.3 is 10.1 Å². The number of ether oxygens (including phenoxy) is 1. The number of rotatable bonds is 14. The minimum Gasteiger partial charge on any atom is -0.467 e. The Morgan fingerprint density at radius 3 is 2.26 bits per heavy atom. The molecule has 3 aromatic rings. The van der Waals surface area contributed by atoms with Crippen LogP contribution in [-0.4, -0.2) is 54.7 Å². The van der Waals surface area contributed by atoms with Crippen LogP contribution in [0.2, 0.25) is 0 Å². The monoisotopic (exact) mass is 622 g/mol. The first-order valence-corrected chi connectivity index (χ1v) is 15.1. The summed E-state index contributed by atoms with van der Waals surface area (Å²) in [6.07, 6.45) is -3.25. The van der Waals surface area contributed by atoms with E-state index in [1.807, 2.05) is 37.4 Å². The number of aryl methyl sites for hydroxylation is 1. The molecule has 1 unspecified atom stereocenters. The number of methoxy groups -OCH3 is 1. The van der Waals surface area contributed by atoms with Crippen molar-refractivity contribution in [3.8, 4) is 11.1 Å². The summed E-state index contributed by atoms with van der Waals surface area (Å²) in [4.78, 5) is 27.5. The molecular weight excluding hydrogens is 587 g/mol. The SMILES string of the molecule is COC(=O)C(CCSC)NC(=O)c1ccc(CN(CCCC(F)(F)F)Cc2cc(F)cc(F)c2)cc1-c1ccccc1C.